The molecule has 2 aromatic carbocycles. The van der Waals surface area contributed by atoms with Gasteiger partial charge in [0.25, 0.3) is 11.8 Å². The molecule has 0 radical (unpaired) electrons. The van der Waals surface area contributed by atoms with Gasteiger partial charge >= 0.3 is 0 Å². The molecule has 0 saturated heterocycles. The molecular weight excluding hydrogens is 373 g/mol. The van der Waals surface area contributed by atoms with Gasteiger partial charge in [0.15, 0.2) is 0 Å². The van der Waals surface area contributed by atoms with Gasteiger partial charge in [-0.25, -0.2) is 0 Å². The topological polar surface area (TPSA) is 71.1 Å². The Morgan fingerprint density at radius 1 is 0.846 bits per heavy atom. The highest BCUT2D eigenvalue weighted by molar-refractivity contribution is 6.36. The fraction of sp³-hybridized carbons (Fsp3) is 0. The molecule has 0 unspecified atom stereocenters. The first-order valence-corrected chi connectivity index (χ1v) is 8.37. The van der Waals surface area contributed by atoms with E-state index in [1.807, 2.05) is 0 Å². The molecule has 2 amide bonds. The number of halogens is 2. The molecule has 130 valence electrons. The van der Waals surface area contributed by atoms with Gasteiger partial charge in [-0.3, -0.25) is 14.6 Å². The molecular formula is C19H13Cl2N3O2. The van der Waals surface area contributed by atoms with E-state index < -0.39 is 5.91 Å². The predicted octanol–water partition coefficient (Wildman–Crippen LogP) is 4.89. The van der Waals surface area contributed by atoms with E-state index >= 15 is 0 Å². The van der Waals surface area contributed by atoms with Crippen molar-refractivity contribution in [2.24, 2.45) is 0 Å². The van der Waals surface area contributed by atoms with E-state index in [1.165, 1.54) is 12.3 Å². The molecule has 0 spiro atoms. The minimum absolute atomic E-state index is 0.224. The van der Waals surface area contributed by atoms with Gasteiger partial charge in [-0.15, -0.1) is 0 Å². The van der Waals surface area contributed by atoms with Crippen molar-refractivity contribution in [2.45, 2.75) is 0 Å². The number of nitrogens with zero attached hydrogens (tertiary/aromatic N) is 1. The molecule has 0 aliphatic rings. The van der Waals surface area contributed by atoms with Gasteiger partial charge in [-0.05, 0) is 42.5 Å². The van der Waals surface area contributed by atoms with Crippen molar-refractivity contribution in [2.75, 3.05) is 10.6 Å². The number of carbonyl (C=O) groups is 2. The second-order valence-electron chi connectivity index (χ2n) is 5.32. The van der Waals surface area contributed by atoms with E-state index in [4.69, 9.17) is 23.2 Å². The first kappa shape index (κ1) is 17.9. The highest BCUT2D eigenvalue weighted by Gasteiger charge is 2.16. The predicted molar refractivity (Wildman–Crippen MR) is 103 cm³/mol. The van der Waals surface area contributed by atoms with Crippen LogP contribution in [0.25, 0.3) is 0 Å². The lowest BCUT2D eigenvalue weighted by Gasteiger charge is -2.12. The standard InChI is InChI=1S/C19H13Cl2N3O2/c20-12-7-8-16(21)15(10-12)19(26)24-17-6-2-1-5-14(17)18(25)23-13-4-3-9-22-11-13/h1-11H,(H,23,25)(H,24,26). The van der Waals surface area contributed by atoms with E-state index in [2.05, 4.69) is 15.6 Å². The summed E-state index contributed by atoms with van der Waals surface area (Å²) in [7, 11) is 0. The van der Waals surface area contributed by atoms with Gasteiger partial charge < -0.3 is 10.6 Å². The highest BCUT2D eigenvalue weighted by Crippen LogP contribution is 2.23. The van der Waals surface area contributed by atoms with E-state index in [1.54, 1.807) is 54.7 Å². The van der Waals surface area contributed by atoms with Gasteiger partial charge in [-0.1, -0.05) is 35.3 Å². The monoisotopic (exact) mass is 385 g/mol. The number of carbonyl (C=O) groups excluding carboxylic acids is 2. The normalized spacial score (nSPS) is 10.2. The van der Waals surface area contributed by atoms with Crippen LogP contribution in [0.1, 0.15) is 20.7 Å². The Morgan fingerprint density at radius 2 is 1.62 bits per heavy atom. The molecule has 5 nitrogen and oxygen atoms in total. The zero-order valence-corrected chi connectivity index (χ0v) is 14.9. The fourth-order valence-corrected chi connectivity index (χ4v) is 2.66. The third-order valence-electron chi connectivity index (χ3n) is 3.51. The maximum absolute atomic E-state index is 12.5. The summed E-state index contributed by atoms with van der Waals surface area (Å²) >= 11 is 12.0. The SMILES string of the molecule is O=C(Nc1ccccc1C(=O)Nc1cccnc1)c1cc(Cl)ccc1Cl. The number of benzene rings is 2. The van der Waals surface area contributed by atoms with Crippen LogP contribution in [0.4, 0.5) is 11.4 Å². The van der Waals surface area contributed by atoms with Gasteiger partial charge in [0.05, 0.1) is 33.7 Å². The van der Waals surface area contributed by atoms with Crippen LogP contribution in [0.15, 0.2) is 67.0 Å². The van der Waals surface area contributed by atoms with Crippen LogP contribution in [0.3, 0.4) is 0 Å². The van der Waals surface area contributed by atoms with Crippen LogP contribution < -0.4 is 10.6 Å². The number of nitrogens with one attached hydrogen (secondary N) is 2. The molecule has 0 atom stereocenters. The van der Waals surface area contributed by atoms with Crippen LogP contribution >= 0.6 is 23.2 Å². The molecule has 2 N–H and O–H groups in total. The maximum atomic E-state index is 12.5. The number of hydrogen-bond acceptors (Lipinski definition) is 3. The Kier molecular flexibility index (Phi) is 5.51. The molecule has 3 aromatic rings. The third kappa shape index (κ3) is 4.20. The van der Waals surface area contributed by atoms with E-state index in [-0.39, 0.29) is 16.5 Å². The van der Waals surface area contributed by atoms with Crippen molar-refractivity contribution >= 4 is 46.4 Å². The molecule has 0 bridgehead atoms. The summed E-state index contributed by atoms with van der Waals surface area (Å²) < 4.78 is 0. The van der Waals surface area contributed by atoms with Crippen LogP contribution in [0, 0.1) is 0 Å². The molecule has 1 heterocycles. The fourth-order valence-electron chi connectivity index (χ4n) is 2.29. The summed E-state index contributed by atoms with van der Waals surface area (Å²) in [4.78, 5) is 29.0. The van der Waals surface area contributed by atoms with Crippen molar-refractivity contribution in [1.82, 2.24) is 4.98 Å². The summed E-state index contributed by atoms with van der Waals surface area (Å²) in [6.07, 6.45) is 3.14. The lowest BCUT2D eigenvalue weighted by Crippen LogP contribution is -2.18. The lowest BCUT2D eigenvalue weighted by atomic mass is 10.1. The third-order valence-corrected chi connectivity index (χ3v) is 4.08. The first-order chi connectivity index (χ1) is 12.5. The highest BCUT2D eigenvalue weighted by atomic mass is 35.5. The summed E-state index contributed by atoms with van der Waals surface area (Å²) in [6, 6.07) is 14.7. The second kappa shape index (κ2) is 7.99. The van der Waals surface area contributed by atoms with Crippen LogP contribution in [0.2, 0.25) is 10.0 Å². The van der Waals surface area contributed by atoms with Gasteiger partial charge in [0, 0.05) is 11.2 Å². The first-order valence-electron chi connectivity index (χ1n) is 7.61. The van der Waals surface area contributed by atoms with Gasteiger partial charge in [0.1, 0.15) is 0 Å². The summed E-state index contributed by atoms with van der Waals surface area (Å²) in [6.45, 7) is 0. The number of anilines is 2. The van der Waals surface area contributed by atoms with Crippen LogP contribution in [0.5, 0.6) is 0 Å². The number of pyridine rings is 1. The van der Waals surface area contributed by atoms with E-state index in [0.29, 0.717) is 22.0 Å². The Morgan fingerprint density at radius 3 is 2.38 bits per heavy atom. The van der Waals surface area contributed by atoms with Crippen molar-refractivity contribution < 1.29 is 9.59 Å². The molecule has 3 rings (SSSR count). The van der Waals surface area contributed by atoms with Gasteiger partial charge in [-0.2, -0.15) is 0 Å². The van der Waals surface area contributed by atoms with E-state index in [0.717, 1.165) is 0 Å². The number of rotatable bonds is 4. The van der Waals surface area contributed by atoms with Gasteiger partial charge in [0.2, 0.25) is 0 Å². The van der Waals surface area contributed by atoms with Crippen molar-refractivity contribution in [1.29, 1.82) is 0 Å². The molecule has 7 heteroatoms. The largest absolute Gasteiger partial charge is 0.321 e. The average Bonchev–Trinajstić information content (AvgIpc) is 2.65. The molecule has 26 heavy (non-hydrogen) atoms. The van der Waals surface area contributed by atoms with Crippen molar-refractivity contribution in [3.05, 3.63) is 88.2 Å². The zero-order chi connectivity index (χ0) is 18.5. The number of hydrogen-bond donors (Lipinski definition) is 2. The Bertz CT molecular complexity index is 962. The summed E-state index contributed by atoms with van der Waals surface area (Å²) in [5, 5.41) is 6.09. The van der Waals surface area contributed by atoms with Crippen molar-refractivity contribution in [3.8, 4) is 0 Å². The molecule has 0 saturated carbocycles. The smallest absolute Gasteiger partial charge is 0.257 e. The average molecular weight is 386 g/mol. The summed E-state index contributed by atoms with van der Waals surface area (Å²) in [5.74, 6) is -0.829. The van der Waals surface area contributed by atoms with Crippen molar-refractivity contribution in [3.63, 3.8) is 0 Å². The number of aromatic nitrogens is 1. The zero-order valence-electron chi connectivity index (χ0n) is 13.4. The lowest BCUT2D eigenvalue weighted by molar-refractivity contribution is 0.102. The van der Waals surface area contributed by atoms with Crippen LogP contribution in [-0.4, -0.2) is 16.8 Å². The second-order valence-corrected chi connectivity index (χ2v) is 6.16. The Labute approximate surface area is 160 Å². The molecule has 1 aromatic heterocycles. The van der Waals surface area contributed by atoms with E-state index in [9.17, 15) is 9.59 Å². The molecule has 0 aliphatic heterocycles. The Hall–Kier alpha value is -2.89. The van der Waals surface area contributed by atoms with Crippen LogP contribution in [-0.2, 0) is 0 Å². The minimum Gasteiger partial charge on any atom is -0.321 e. The minimum atomic E-state index is -0.459. The Balaban J connectivity index is 1.84. The maximum Gasteiger partial charge on any atom is 0.257 e. The molecule has 0 aliphatic carbocycles. The number of para-hydroxylation sites is 1. The molecule has 0 fully saturated rings. The summed E-state index contributed by atoms with van der Waals surface area (Å²) in [5.41, 5.74) is 1.44. The number of amides is 2. The quantitative estimate of drug-likeness (QED) is 0.671.